The number of fused-ring (bicyclic) bond motifs is 5. The molecule has 2 heterocycles. The largest absolute Gasteiger partial charge is 0.347 e. The van der Waals surface area contributed by atoms with Crippen LogP contribution in [0, 0.1) is 35.0 Å². The Labute approximate surface area is 299 Å². The van der Waals surface area contributed by atoms with Gasteiger partial charge in [-0.3, -0.25) is 33.8 Å². The molecule has 0 radical (unpaired) electrons. The molecule has 5 aliphatic rings. The first kappa shape index (κ1) is 36.6. The third-order valence-electron chi connectivity index (χ3n) is 11.6. The smallest absolute Gasteiger partial charge is 0.289 e. The van der Waals surface area contributed by atoms with Gasteiger partial charge in [0.15, 0.2) is 0 Å². The van der Waals surface area contributed by atoms with E-state index in [-0.39, 0.29) is 47.2 Å². The molecule has 13 heteroatoms. The van der Waals surface area contributed by atoms with E-state index in [1.807, 2.05) is 27.7 Å². The lowest BCUT2D eigenvalue weighted by molar-refractivity contribution is -0.146. The summed E-state index contributed by atoms with van der Waals surface area (Å²) in [6.45, 7) is 7.85. The van der Waals surface area contributed by atoms with Gasteiger partial charge in [-0.1, -0.05) is 65.5 Å². The number of nitrogens with one attached hydrogen (secondary N) is 4. The van der Waals surface area contributed by atoms with Crippen LogP contribution in [-0.2, 0) is 24.0 Å². The molecule has 1 aliphatic heterocycles. The summed E-state index contributed by atoms with van der Waals surface area (Å²) in [6, 6.07) is -3.77. The molecule has 5 amide bonds. The van der Waals surface area contributed by atoms with Crippen molar-refractivity contribution in [2.75, 3.05) is 6.54 Å². The van der Waals surface area contributed by atoms with Crippen LogP contribution in [0.2, 0.25) is 0 Å². The quantitative estimate of drug-likeness (QED) is 0.179. The van der Waals surface area contributed by atoms with Gasteiger partial charge in [-0.2, -0.15) is 0 Å². The van der Waals surface area contributed by atoms with Crippen molar-refractivity contribution in [1.29, 1.82) is 0 Å². The van der Waals surface area contributed by atoms with Crippen molar-refractivity contribution < 1.29 is 28.8 Å². The van der Waals surface area contributed by atoms with Gasteiger partial charge in [0.25, 0.3) is 11.8 Å². The van der Waals surface area contributed by atoms with Crippen molar-refractivity contribution in [2.45, 2.75) is 122 Å². The Balaban J connectivity index is 1.24. The number of hydrogen-bond acceptors (Lipinski definition) is 8. The number of carbonyl (C=O) groups excluding carboxylic acids is 6. The number of ketones is 1. The Morgan fingerprint density at radius 3 is 2.29 bits per heavy atom. The van der Waals surface area contributed by atoms with Gasteiger partial charge < -0.3 is 26.2 Å². The monoisotopic (exact) mass is 703 g/mol. The molecule has 8 atom stereocenters. The second-order valence-corrected chi connectivity index (χ2v) is 16.3. The Morgan fingerprint density at radius 1 is 0.922 bits per heavy atom. The molecule has 0 aromatic carbocycles. The van der Waals surface area contributed by atoms with E-state index in [9.17, 15) is 28.8 Å². The molecule has 4 fully saturated rings. The van der Waals surface area contributed by atoms with Crippen LogP contribution < -0.4 is 21.3 Å². The van der Waals surface area contributed by atoms with Gasteiger partial charge in [-0.15, -0.1) is 0 Å². The molecule has 6 rings (SSSR count). The van der Waals surface area contributed by atoms with Crippen LogP contribution in [0.1, 0.15) is 102 Å². The van der Waals surface area contributed by atoms with Crippen LogP contribution in [0.25, 0.3) is 0 Å². The number of allylic oxidation sites excluding steroid dienone is 2. The first-order valence-electron chi connectivity index (χ1n) is 18.9. The molecule has 1 saturated heterocycles. The van der Waals surface area contributed by atoms with E-state index in [0.717, 1.165) is 51.4 Å². The normalized spacial score (nSPS) is 27.2. The van der Waals surface area contributed by atoms with Crippen molar-refractivity contribution in [1.82, 2.24) is 36.1 Å². The van der Waals surface area contributed by atoms with Crippen molar-refractivity contribution in [2.24, 2.45) is 35.0 Å². The predicted octanol–water partition coefficient (Wildman–Crippen LogP) is 2.47. The average Bonchev–Trinajstić information content (AvgIpc) is 3.49. The summed E-state index contributed by atoms with van der Waals surface area (Å²) < 4.78 is 0. The molecule has 3 unspecified atom stereocenters. The third kappa shape index (κ3) is 8.02. The molecule has 2 bridgehead atoms. The summed E-state index contributed by atoms with van der Waals surface area (Å²) in [5, 5.41) is 11.6. The number of nitrogens with zero attached hydrogens (tertiary/aromatic N) is 3. The standard InChI is InChI=1S/C38H53N7O6/c1-5-9-26(31(46)36(50)41-24-14-15-24)42-35(49)30-28-23-13-12-22(18-23)25(28)20-45(30)37(51)32(38(2,3)4)44-34(48)29(21-10-7-6-8-11-21)43-33(47)27-19-39-16-17-40-27/h12-13,16-17,19,21-26,28-30,32H,5-11,14-15,18,20H2,1-4H3,(H,41,50)(H,42,49)(H,43,47)(H,44,48)/t22-,23+,25?,26-,28?,29-,30?,32+/m0/s1. The van der Waals surface area contributed by atoms with Gasteiger partial charge in [0.05, 0.1) is 12.2 Å². The van der Waals surface area contributed by atoms with E-state index in [1.165, 1.54) is 18.6 Å². The highest BCUT2D eigenvalue weighted by Crippen LogP contribution is 2.54. The minimum Gasteiger partial charge on any atom is -0.347 e. The second-order valence-electron chi connectivity index (χ2n) is 16.3. The minimum atomic E-state index is -1.01. The lowest BCUT2D eigenvalue weighted by atomic mass is 9.81. The van der Waals surface area contributed by atoms with Gasteiger partial charge in [0.1, 0.15) is 23.8 Å². The highest BCUT2D eigenvalue weighted by atomic mass is 16.2. The Morgan fingerprint density at radius 2 is 1.65 bits per heavy atom. The molecule has 4 N–H and O–H groups in total. The SMILES string of the molecule is CCC[C@H](NC(=O)C1C2C(CN1C(=O)[C@@H](NC(=O)[C@@H](NC(=O)c1cnccn1)C1CCCCC1)C(C)(C)C)[C@H]1C=C[C@@H]2C1)C(=O)C(=O)NC1CC1. The van der Waals surface area contributed by atoms with E-state index in [1.54, 1.807) is 4.90 Å². The van der Waals surface area contributed by atoms with E-state index < -0.39 is 59.0 Å². The zero-order valence-corrected chi connectivity index (χ0v) is 30.2. The summed E-state index contributed by atoms with van der Waals surface area (Å²) in [4.78, 5) is 92.3. The molecule has 51 heavy (non-hydrogen) atoms. The topological polar surface area (TPSA) is 180 Å². The van der Waals surface area contributed by atoms with Gasteiger partial charge in [-0.05, 0) is 73.5 Å². The molecule has 3 saturated carbocycles. The van der Waals surface area contributed by atoms with Crippen LogP contribution in [-0.4, -0.2) is 86.9 Å². The lowest BCUT2D eigenvalue weighted by Gasteiger charge is -2.38. The maximum atomic E-state index is 14.8. The summed E-state index contributed by atoms with van der Waals surface area (Å²) in [7, 11) is 0. The first-order chi connectivity index (χ1) is 24.4. The summed E-state index contributed by atoms with van der Waals surface area (Å²) in [5.74, 6) is -2.99. The van der Waals surface area contributed by atoms with Gasteiger partial charge in [0, 0.05) is 25.0 Å². The zero-order valence-electron chi connectivity index (χ0n) is 30.2. The molecule has 0 spiro atoms. The fourth-order valence-electron chi connectivity index (χ4n) is 8.78. The highest BCUT2D eigenvalue weighted by Gasteiger charge is 2.59. The average molecular weight is 704 g/mol. The number of rotatable bonds is 13. The van der Waals surface area contributed by atoms with Crippen molar-refractivity contribution in [3.8, 4) is 0 Å². The van der Waals surface area contributed by atoms with Crippen LogP contribution >= 0.6 is 0 Å². The summed E-state index contributed by atoms with van der Waals surface area (Å²) in [6.07, 6.45) is 16.5. The lowest BCUT2D eigenvalue weighted by Crippen LogP contribution is -2.62. The number of carbonyl (C=O) groups is 6. The van der Waals surface area contributed by atoms with E-state index in [2.05, 4.69) is 43.4 Å². The Kier molecular flexibility index (Phi) is 10.9. The highest BCUT2D eigenvalue weighted by molar-refractivity contribution is 6.38. The van der Waals surface area contributed by atoms with E-state index >= 15 is 0 Å². The first-order valence-corrected chi connectivity index (χ1v) is 18.9. The summed E-state index contributed by atoms with van der Waals surface area (Å²) in [5.41, 5.74) is -0.656. The van der Waals surface area contributed by atoms with Crippen LogP contribution in [0.5, 0.6) is 0 Å². The zero-order chi connectivity index (χ0) is 36.4. The molecule has 1 aromatic heterocycles. The number of likely N-dealkylation sites (tertiary alicyclic amines) is 1. The number of Topliss-reactive ketones (excluding diaryl/α,β-unsaturated/α-hetero) is 1. The van der Waals surface area contributed by atoms with Crippen molar-refractivity contribution in [3.63, 3.8) is 0 Å². The fraction of sp³-hybridized carbons (Fsp3) is 0.684. The minimum absolute atomic E-state index is 0.00606. The Hall–Kier alpha value is -4.16. The fourth-order valence-corrected chi connectivity index (χ4v) is 8.78. The maximum Gasteiger partial charge on any atom is 0.289 e. The van der Waals surface area contributed by atoms with E-state index in [4.69, 9.17) is 0 Å². The molecule has 276 valence electrons. The molecular weight excluding hydrogens is 650 g/mol. The van der Waals surface area contributed by atoms with Crippen LogP contribution in [0.15, 0.2) is 30.7 Å². The number of hydrogen-bond donors (Lipinski definition) is 4. The number of amides is 5. The van der Waals surface area contributed by atoms with Crippen LogP contribution in [0.4, 0.5) is 0 Å². The molecular formula is C38H53N7O6. The van der Waals surface area contributed by atoms with E-state index in [0.29, 0.717) is 19.4 Å². The van der Waals surface area contributed by atoms with Gasteiger partial charge in [-0.25, -0.2) is 4.98 Å². The maximum absolute atomic E-state index is 14.8. The van der Waals surface area contributed by atoms with Crippen molar-refractivity contribution >= 4 is 35.3 Å². The molecule has 4 aliphatic carbocycles. The van der Waals surface area contributed by atoms with Crippen molar-refractivity contribution in [3.05, 3.63) is 36.4 Å². The number of aromatic nitrogens is 2. The second kappa shape index (κ2) is 15.2. The van der Waals surface area contributed by atoms with Gasteiger partial charge in [0.2, 0.25) is 23.5 Å². The molecule has 1 aromatic rings. The van der Waals surface area contributed by atoms with Crippen LogP contribution in [0.3, 0.4) is 0 Å². The third-order valence-corrected chi connectivity index (χ3v) is 11.6. The van der Waals surface area contributed by atoms with Gasteiger partial charge >= 0.3 is 0 Å². The predicted molar refractivity (Wildman–Crippen MR) is 187 cm³/mol. The molecule has 13 nitrogen and oxygen atoms in total. The summed E-state index contributed by atoms with van der Waals surface area (Å²) >= 11 is 0. The Bertz CT molecular complexity index is 1530.